The van der Waals surface area contributed by atoms with E-state index in [0.29, 0.717) is 17.1 Å². The molecule has 0 radical (unpaired) electrons. The standard InChI is InChI=1S/C12H17NO4/c1-6(2)10(12(15)16)13-11(14)9-5-7(3)17-8(9)4/h5-6,10H,1-4H3,(H,13,14)(H,15,16). The van der Waals surface area contributed by atoms with Gasteiger partial charge in [-0.05, 0) is 25.8 Å². The molecule has 1 aromatic heterocycles. The summed E-state index contributed by atoms with van der Waals surface area (Å²) in [5, 5.41) is 11.5. The van der Waals surface area contributed by atoms with Crippen molar-refractivity contribution in [2.24, 2.45) is 5.92 Å². The van der Waals surface area contributed by atoms with Crippen molar-refractivity contribution in [1.29, 1.82) is 0 Å². The molecule has 0 bridgehead atoms. The quantitative estimate of drug-likeness (QED) is 0.838. The van der Waals surface area contributed by atoms with Crippen LogP contribution in [0.1, 0.15) is 35.7 Å². The van der Waals surface area contributed by atoms with Crippen LogP contribution in [0.15, 0.2) is 10.5 Å². The van der Waals surface area contributed by atoms with Crippen LogP contribution in [0.4, 0.5) is 0 Å². The molecule has 1 unspecified atom stereocenters. The fourth-order valence-electron chi connectivity index (χ4n) is 1.59. The predicted molar refractivity (Wildman–Crippen MR) is 61.9 cm³/mol. The molecule has 5 nitrogen and oxygen atoms in total. The average molecular weight is 239 g/mol. The fourth-order valence-corrected chi connectivity index (χ4v) is 1.59. The lowest BCUT2D eigenvalue weighted by molar-refractivity contribution is -0.140. The summed E-state index contributed by atoms with van der Waals surface area (Å²) < 4.78 is 5.23. The molecule has 5 heteroatoms. The first-order chi connectivity index (χ1) is 7.82. The highest BCUT2D eigenvalue weighted by atomic mass is 16.4. The Hall–Kier alpha value is -1.78. The Morgan fingerprint density at radius 1 is 1.35 bits per heavy atom. The molecule has 0 fully saturated rings. The fraction of sp³-hybridized carbons (Fsp3) is 0.500. The third-order valence-electron chi connectivity index (χ3n) is 2.50. The van der Waals surface area contributed by atoms with Gasteiger partial charge < -0.3 is 14.8 Å². The van der Waals surface area contributed by atoms with Gasteiger partial charge in [-0.15, -0.1) is 0 Å². The minimum atomic E-state index is -1.04. The van der Waals surface area contributed by atoms with Crippen LogP contribution in [-0.2, 0) is 4.79 Å². The van der Waals surface area contributed by atoms with E-state index in [1.54, 1.807) is 33.8 Å². The Morgan fingerprint density at radius 3 is 2.29 bits per heavy atom. The number of carbonyl (C=O) groups is 2. The minimum Gasteiger partial charge on any atom is -0.480 e. The van der Waals surface area contributed by atoms with Crippen LogP contribution in [-0.4, -0.2) is 23.0 Å². The lowest BCUT2D eigenvalue weighted by Crippen LogP contribution is -2.44. The van der Waals surface area contributed by atoms with E-state index in [2.05, 4.69) is 5.32 Å². The number of carboxylic acid groups (broad SMARTS) is 1. The van der Waals surface area contributed by atoms with Crippen molar-refractivity contribution in [3.05, 3.63) is 23.2 Å². The topological polar surface area (TPSA) is 79.5 Å². The Labute approximate surface area is 99.8 Å². The second-order valence-electron chi connectivity index (χ2n) is 4.36. The third-order valence-corrected chi connectivity index (χ3v) is 2.50. The number of carboxylic acids is 1. The highest BCUT2D eigenvalue weighted by Gasteiger charge is 2.25. The predicted octanol–water partition coefficient (Wildman–Crippen LogP) is 1.74. The van der Waals surface area contributed by atoms with Gasteiger partial charge >= 0.3 is 5.97 Å². The summed E-state index contributed by atoms with van der Waals surface area (Å²) in [6.45, 7) is 6.90. The SMILES string of the molecule is Cc1cc(C(=O)NC(C(=O)O)C(C)C)c(C)o1. The van der Waals surface area contributed by atoms with Crippen LogP contribution >= 0.6 is 0 Å². The van der Waals surface area contributed by atoms with Gasteiger partial charge in [0.2, 0.25) is 0 Å². The van der Waals surface area contributed by atoms with Gasteiger partial charge in [0, 0.05) is 0 Å². The Bertz CT molecular complexity index is 434. The van der Waals surface area contributed by atoms with E-state index in [0.717, 1.165) is 0 Å². The maximum atomic E-state index is 11.9. The smallest absolute Gasteiger partial charge is 0.326 e. The number of amides is 1. The molecule has 0 aliphatic carbocycles. The number of rotatable bonds is 4. The zero-order valence-electron chi connectivity index (χ0n) is 10.4. The summed E-state index contributed by atoms with van der Waals surface area (Å²) in [4.78, 5) is 22.8. The molecule has 0 aliphatic rings. The van der Waals surface area contributed by atoms with E-state index in [9.17, 15) is 9.59 Å². The molecule has 1 heterocycles. The van der Waals surface area contributed by atoms with E-state index in [1.165, 1.54) is 0 Å². The van der Waals surface area contributed by atoms with Crippen LogP contribution in [0.5, 0.6) is 0 Å². The summed E-state index contributed by atoms with van der Waals surface area (Å²) in [5.41, 5.74) is 0.384. The normalized spacial score (nSPS) is 12.5. The molecule has 94 valence electrons. The third kappa shape index (κ3) is 3.09. The number of carbonyl (C=O) groups excluding carboxylic acids is 1. The van der Waals surface area contributed by atoms with E-state index < -0.39 is 17.9 Å². The van der Waals surface area contributed by atoms with Crippen LogP contribution < -0.4 is 5.32 Å². The summed E-state index contributed by atoms with van der Waals surface area (Å²) >= 11 is 0. The second kappa shape index (κ2) is 5.03. The second-order valence-corrected chi connectivity index (χ2v) is 4.36. The van der Waals surface area contributed by atoms with Gasteiger partial charge in [-0.25, -0.2) is 4.79 Å². The van der Waals surface area contributed by atoms with Crippen molar-refractivity contribution >= 4 is 11.9 Å². The van der Waals surface area contributed by atoms with Crippen molar-refractivity contribution in [2.45, 2.75) is 33.7 Å². The van der Waals surface area contributed by atoms with Crippen LogP contribution in [0.25, 0.3) is 0 Å². The zero-order valence-corrected chi connectivity index (χ0v) is 10.4. The number of furan rings is 1. The lowest BCUT2D eigenvalue weighted by atomic mass is 10.0. The Kier molecular flexibility index (Phi) is 3.93. The van der Waals surface area contributed by atoms with Gasteiger partial charge in [-0.1, -0.05) is 13.8 Å². The molecule has 2 N–H and O–H groups in total. The van der Waals surface area contributed by atoms with Gasteiger partial charge in [-0.3, -0.25) is 4.79 Å². The van der Waals surface area contributed by atoms with Crippen molar-refractivity contribution in [1.82, 2.24) is 5.32 Å². The lowest BCUT2D eigenvalue weighted by Gasteiger charge is -2.17. The first-order valence-corrected chi connectivity index (χ1v) is 5.43. The molecule has 0 aliphatic heterocycles. The monoisotopic (exact) mass is 239 g/mol. The van der Waals surface area contributed by atoms with Crippen LogP contribution in [0.2, 0.25) is 0 Å². The van der Waals surface area contributed by atoms with Crippen molar-refractivity contribution < 1.29 is 19.1 Å². The number of hydrogen-bond donors (Lipinski definition) is 2. The van der Waals surface area contributed by atoms with Gasteiger partial charge in [0.15, 0.2) is 0 Å². The summed E-state index contributed by atoms with van der Waals surface area (Å²) in [6, 6.07) is 0.710. The zero-order chi connectivity index (χ0) is 13.2. The molecule has 17 heavy (non-hydrogen) atoms. The maximum Gasteiger partial charge on any atom is 0.326 e. The summed E-state index contributed by atoms with van der Waals surface area (Å²) in [6.07, 6.45) is 0. The van der Waals surface area contributed by atoms with Crippen molar-refractivity contribution in [3.63, 3.8) is 0 Å². The van der Waals surface area contributed by atoms with Crippen molar-refractivity contribution in [2.75, 3.05) is 0 Å². The minimum absolute atomic E-state index is 0.176. The number of hydrogen-bond acceptors (Lipinski definition) is 3. The molecular formula is C12H17NO4. The molecule has 0 saturated carbocycles. The molecule has 1 rings (SSSR count). The Balaban J connectivity index is 2.85. The first-order valence-electron chi connectivity index (χ1n) is 5.43. The van der Waals surface area contributed by atoms with E-state index in [1.807, 2.05) is 0 Å². The summed E-state index contributed by atoms with van der Waals surface area (Å²) in [5.74, 6) is -0.506. The van der Waals surface area contributed by atoms with E-state index in [4.69, 9.17) is 9.52 Å². The molecule has 1 amide bonds. The number of nitrogens with one attached hydrogen (secondary N) is 1. The number of aryl methyl sites for hydroxylation is 2. The highest BCUT2D eigenvalue weighted by molar-refractivity contribution is 5.97. The molecular weight excluding hydrogens is 222 g/mol. The van der Waals surface area contributed by atoms with Gasteiger partial charge in [0.05, 0.1) is 5.56 Å². The van der Waals surface area contributed by atoms with Crippen molar-refractivity contribution in [3.8, 4) is 0 Å². The Morgan fingerprint density at radius 2 is 1.94 bits per heavy atom. The van der Waals surface area contributed by atoms with E-state index in [-0.39, 0.29) is 5.92 Å². The van der Waals surface area contributed by atoms with Gasteiger partial charge in [-0.2, -0.15) is 0 Å². The highest BCUT2D eigenvalue weighted by Crippen LogP contribution is 2.14. The molecule has 0 saturated heterocycles. The average Bonchev–Trinajstić information content (AvgIpc) is 2.53. The molecule has 1 atom stereocenters. The van der Waals surface area contributed by atoms with Crippen LogP contribution in [0, 0.1) is 19.8 Å². The molecule has 0 spiro atoms. The van der Waals surface area contributed by atoms with Gasteiger partial charge in [0.25, 0.3) is 5.91 Å². The van der Waals surface area contributed by atoms with Crippen LogP contribution in [0.3, 0.4) is 0 Å². The molecule has 0 aromatic carbocycles. The summed E-state index contributed by atoms with van der Waals surface area (Å²) in [7, 11) is 0. The maximum absolute atomic E-state index is 11.9. The first kappa shape index (κ1) is 13.3. The van der Waals surface area contributed by atoms with Gasteiger partial charge in [0.1, 0.15) is 17.6 Å². The van der Waals surface area contributed by atoms with E-state index >= 15 is 0 Å². The largest absolute Gasteiger partial charge is 0.480 e. The number of aliphatic carboxylic acids is 1. The molecule has 1 aromatic rings.